The van der Waals surface area contributed by atoms with Crippen molar-refractivity contribution in [3.63, 3.8) is 0 Å². The summed E-state index contributed by atoms with van der Waals surface area (Å²) in [5.41, 5.74) is 1.98. The van der Waals surface area contributed by atoms with Crippen molar-refractivity contribution in [2.24, 2.45) is 0 Å². The second-order valence-corrected chi connectivity index (χ2v) is 8.27. The van der Waals surface area contributed by atoms with Gasteiger partial charge in [0, 0.05) is 44.9 Å². The summed E-state index contributed by atoms with van der Waals surface area (Å²) in [7, 11) is 1.51. The Bertz CT molecular complexity index is 1220. The highest BCUT2D eigenvalue weighted by molar-refractivity contribution is 7.71. The third-order valence-electron chi connectivity index (χ3n) is 5.80. The van der Waals surface area contributed by atoms with Gasteiger partial charge in [0.15, 0.2) is 6.29 Å². The number of carbonyl (C=O) groups is 3. The first-order valence-corrected chi connectivity index (χ1v) is 10.9. The Hall–Kier alpha value is -3.62. The minimum atomic E-state index is -0.455. The number of hydrogen-bond acceptors (Lipinski definition) is 7. The fourth-order valence-corrected chi connectivity index (χ4v) is 4.31. The number of rotatable bonds is 5. The Morgan fingerprint density at radius 1 is 1.45 bits per heavy atom. The smallest absolute Gasteiger partial charge is 0.328 e. The lowest BCUT2D eigenvalue weighted by Crippen LogP contribution is -2.40. The fraction of sp³-hybridized carbons (Fsp3) is 0.364. The first kappa shape index (κ1) is 22.6. The lowest BCUT2D eigenvalue weighted by atomic mass is 10.0. The molecule has 1 unspecified atom stereocenters. The average molecular weight is 467 g/mol. The molecule has 1 atom stereocenters. The van der Waals surface area contributed by atoms with E-state index in [1.165, 1.54) is 24.3 Å². The maximum atomic E-state index is 13.0. The molecule has 0 aliphatic carbocycles. The zero-order valence-corrected chi connectivity index (χ0v) is 18.8. The predicted octanol–water partition coefficient (Wildman–Crippen LogP) is 2.56. The largest absolute Gasteiger partial charge is 0.372 e. The van der Waals surface area contributed by atoms with Crippen molar-refractivity contribution in [3.8, 4) is 6.07 Å². The molecule has 4 heterocycles. The molecule has 0 radical (unpaired) electrons. The maximum absolute atomic E-state index is 13.0. The molecule has 1 fully saturated rings. The van der Waals surface area contributed by atoms with E-state index in [-0.39, 0.29) is 18.1 Å². The van der Waals surface area contributed by atoms with Crippen LogP contribution in [0.15, 0.2) is 18.3 Å². The highest BCUT2D eigenvalue weighted by atomic mass is 32.1. The molecule has 0 saturated carbocycles. The molecule has 10 nitrogen and oxygen atoms in total. The van der Waals surface area contributed by atoms with Gasteiger partial charge in [0.05, 0.1) is 10.1 Å². The van der Waals surface area contributed by atoms with E-state index in [4.69, 9.17) is 22.2 Å². The summed E-state index contributed by atoms with van der Waals surface area (Å²) in [6, 6.07) is 4.90. The van der Waals surface area contributed by atoms with Gasteiger partial charge in [-0.1, -0.05) is 12.2 Å². The van der Waals surface area contributed by atoms with E-state index in [1.54, 1.807) is 4.90 Å². The normalized spacial score (nSPS) is 17.5. The Morgan fingerprint density at radius 3 is 2.94 bits per heavy atom. The van der Waals surface area contributed by atoms with Gasteiger partial charge in [-0.05, 0) is 30.5 Å². The molecule has 2 aromatic rings. The van der Waals surface area contributed by atoms with Crippen molar-refractivity contribution in [1.82, 2.24) is 14.9 Å². The Kier molecular flexibility index (Phi) is 6.48. The molecule has 2 aliphatic rings. The summed E-state index contributed by atoms with van der Waals surface area (Å²) in [5, 5.41) is 11.7. The van der Waals surface area contributed by atoms with Gasteiger partial charge >= 0.3 is 6.03 Å². The van der Waals surface area contributed by atoms with E-state index in [9.17, 15) is 14.4 Å². The highest BCUT2D eigenvalue weighted by Gasteiger charge is 2.33. The fourth-order valence-electron chi connectivity index (χ4n) is 4.09. The molecule has 3 amide bonds. The number of pyridine rings is 2. The number of hydrogen-bond donors (Lipinski definition) is 2. The van der Waals surface area contributed by atoms with Crippen LogP contribution in [0.1, 0.15) is 40.0 Å². The van der Waals surface area contributed by atoms with Gasteiger partial charge in [-0.2, -0.15) is 5.26 Å². The van der Waals surface area contributed by atoms with Crippen LogP contribution in [0, 0.1) is 15.8 Å². The van der Waals surface area contributed by atoms with Crippen molar-refractivity contribution in [1.29, 1.82) is 5.26 Å². The van der Waals surface area contributed by atoms with Crippen LogP contribution in [0.5, 0.6) is 0 Å². The number of carbonyl (C=O) groups excluding carboxylic acids is 3. The number of urea groups is 1. The quantitative estimate of drug-likeness (QED) is 0.511. The van der Waals surface area contributed by atoms with Crippen LogP contribution >= 0.6 is 12.2 Å². The van der Waals surface area contributed by atoms with Crippen molar-refractivity contribution in [3.05, 3.63) is 45.2 Å². The minimum Gasteiger partial charge on any atom is -0.372 e. The zero-order valence-electron chi connectivity index (χ0n) is 18.0. The summed E-state index contributed by atoms with van der Waals surface area (Å²) in [6.07, 6.45) is 3.66. The topological polar surface area (TPSA) is 131 Å². The molecule has 0 bridgehead atoms. The van der Waals surface area contributed by atoms with E-state index in [2.05, 4.69) is 15.3 Å². The number of fused-ring (bicyclic) bond motifs is 1. The average Bonchev–Trinajstić information content (AvgIpc) is 3.17. The number of ether oxygens (including phenoxy) is 1. The number of aromatic amines is 1. The van der Waals surface area contributed by atoms with Crippen molar-refractivity contribution in [2.75, 3.05) is 30.4 Å². The van der Waals surface area contributed by atoms with Crippen molar-refractivity contribution < 1.29 is 19.1 Å². The van der Waals surface area contributed by atoms with E-state index < -0.39 is 12.1 Å². The van der Waals surface area contributed by atoms with E-state index in [1.807, 2.05) is 12.1 Å². The Morgan fingerprint density at radius 2 is 2.27 bits per heavy atom. The highest BCUT2D eigenvalue weighted by Crippen LogP contribution is 2.29. The number of anilines is 2. The number of methoxy groups -OCH3 is 1. The van der Waals surface area contributed by atoms with Gasteiger partial charge in [-0.3, -0.25) is 19.8 Å². The lowest BCUT2D eigenvalue weighted by molar-refractivity contribution is -0.136. The number of aldehydes is 1. The van der Waals surface area contributed by atoms with E-state index in [0.29, 0.717) is 59.5 Å². The first-order chi connectivity index (χ1) is 15.9. The van der Waals surface area contributed by atoms with Crippen LogP contribution in [0.3, 0.4) is 0 Å². The predicted molar refractivity (Wildman–Crippen MR) is 121 cm³/mol. The molecule has 1 saturated heterocycles. The maximum Gasteiger partial charge on any atom is 0.328 e. The standard InChI is InChI=1S/C22H22N6O4S/c1-32-17-4-6-27(21(17)30)11-14-7-13-3-2-5-28(20(13)25-16(14)12-29)22(31)26-19-8-18(33)15(9-23)10-24-19/h7-8,10,12,17H,2-6,11H2,1H3,(H2,24,26,31,33). The van der Waals surface area contributed by atoms with Gasteiger partial charge in [0.2, 0.25) is 0 Å². The molecule has 0 aromatic carbocycles. The molecular weight excluding hydrogens is 444 g/mol. The van der Waals surface area contributed by atoms with E-state index in [0.717, 1.165) is 12.0 Å². The van der Waals surface area contributed by atoms with Crippen LogP contribution < -0.4 is 10.2 Å². The number of nitrogens with zero attached hydrogens (tertiary/aromatic N) is 4. The van der Waals surface area contributed by atoms with Crippen LogP contribution in [0.25, 0.3) is 0 Å². The van der Waals surface area contributed by atoms with Crippen LogP contribution in [-0.2, 0) is 22.5 Å². The second kappa shape index (κ2) is 9.48. The Balaban J connectivity index is 1.57. The minimum absolute atomic E-state index is 0.104. The number of amides is 3. The zero-order chi connectivity index (χ0) is 23.5. The summed E-state index contributed by atoms with van der Waals surface area (Å²) in [5.74, 6) is 0.663. The van der Waals surface area contributed by atoms with Crippen LogP contribution in [0.4, 0.5) is 16.4 Å². The SMILES string of the molecule is COC1CCN(Cc2cc3c(nc2C=O)N(C(=O)Nc2cc(=S)c(C#N)c[nH]2)CCC3)C1=O. The third-order valence-corrected chi connectivity index (χ3v) is 6.14. The number of aromatic nitrogens is 2. The molecule has 170 valence electrons. The van der Waals surface area contributed by atoms with E-state index >= 15 is 0 Å². The molecule has 33 heavy (non-hydrogen) atoms. The number of likely N-dealkylation sites (tertiary alicyclic amines) is 1. The number of nitriles is 1. The van der Waals surface area contributed by atoms with Crippen LogP contribution in [-0.4, -0.2) is 59.4 Å². The number of aryl methyl sites for hydroxylation is 1. The molecule has 4 rings (SSSR count). The third kappa shape index (κ3) is 4.48. The van der Waals surface area contributed by atoms with Gasteiger partial charge in [0.1, 0.15) is 29.5 Å². The molecule has 0 spiro atoms. The molecular formula is C22H22N6O4S. The number of H-pyrrole nitrogens is 1. The second-order valence-electron chi connectivity index (χ2n) is 7.83. The molecule has 11 heteroatoms. The first-order valence-electron chi connectivity index (χ1n) is 10.5. The molecule has 2 aromatic heterocycles. The van der Waals surface area contributed by atoms with Crippen molar-refractivity contribution in [2.45, 2.75) is 31.9 Å². The summed E-state index contributed by atoms with van der Waals surface area (Å²) < 4.78 is 5.52. The van der Waals surface area contributed by atoms with Crippen molar-refractivity contribution >= 4 is 42.1 Å². The van der Waals surface area contributed by atoms with Gasteiger partial charge in [0.25, 0.3) is 5.91 Å². The monoisotopic (exact) mass is 466 g/mol. The summed E-state index contributed by atoms with van der Waals surface area (Å²) in [4.78, 5) is 47.6. The van der Waals surface area contributed by atoms with Gasteiger partial charge in [-0.15, -0.1) is 0 Å². The van der Waals surface area contributed by atoms with Crippen LogP contribution in [0.2, 0.25) is 0 Å². The Labute approximate surface area is 195 Å². The molecule has 2 aliphatic heterocycles. The lowest BCUT2D eigenvalue weighted by Gasteiger charge is -2.29. The molecule has 2 N–H and O–H groups in total. The number of nitrogens with one attached hydrogen (secondary N) is 2. The summed E-state index contributed by atoms with van der Waals surface area (Å²) >= 11 is 5.15. The van der Waals surface area contributed by atoms with Gasteiger partial charge < -0.3 is 14.6 Å². The summed E-state index contributed by atoms with van der Waals surface area (Å²) in [6.45, 7) is 1.24. The van der Waals surface area contributed by atoms with Gasteiger partial charge in [-0.25, -0.2) is 9.78 Å².